The van der Waals surface area contributed by atoms with Crippen molar-refractivity contribution in [1.82, 2.24) is 20.0 Å². The van der Waals surface area contributed by atoms with Crippen molar-refractivity contribution >= 4 is 11.6 Å². The number of aromatic nitrogens is 3. The lowest BCUT2D eigenvalue weighted by Gasteiger charge is -2.24. The fourth-order valence-corrected chi connectivity index (χ4v) is 5.74. The van der Waals surface area contributed by atoms with Gasteiger partial charge in [0.1, 0.15) is 13.2 Å². The molecule has 5 aliphatic rings. The SMILES string of the molecule is CON=C1C[C@@H](c2noc(-c3cccnc3)n2)N(C(=O)C2=CC3CC3(C3=CC4CC4C=C3)C=C2)C1. The number of pyridine rings is 1. The Bertz CT molecular complexity index is 1350. The van der Waals surface area contributed by atoms with Gasteiger partial charge in [-0.3, -0.25) is 9.78 Å². The van der Waals surface area contributed by atoms with Gasteiger partial charge in [0.15, 0.2) is 5.82 Å². The molecule has 1 aliphatic heterocycles. The van der Waals surface area contributed by atoms with Crippen molar-refractivity contribution in [2.75, 3.05) is 13.7 Å². The van der Waals surface area contributed by atoms with E-state index in [9.17, 15) is 4.79 Å². The summed E-state index contributed by atoms with van der Waals surface area (Å²) < 4.78 is 5.50. The Morgan fingerprint density at radius 1 is 1.29 bits per heavy atom. The van der Waals surface area contributed by atoms with Gasteiger partial charge in [-0.2, -0.15) is 4.98 Å². The average molecular weight is 468 g/mol. The molecule has 2 aromatic rings. The molecule has 5 atom stereocenters. The van der Waals surface area contributed by atoms with Crippen LogP contribution in [0, 0.1) is 23.2 Å². The Balaban J connectivity index is 1.14. The summed E-state index contributed by atoms with van der Waals surface area (Å²) in [6, 6.07) is 3.30. The van der Waals surface area contributed by atoms with Crippen LogP contribution in [-0.4, -0.2) is 45.3 Å². The number of rotatable bonds is 5. The lowest BCUT2D eigenvalue weighted by molar-refractivity contribution is -0.127. The summed E-state index contributed by atoms with van der Waals surface area (Å²) in [4.78, 5) is 29.2. The van der Waals surface area contributed by atoms with Crippen molar-refractivity contribution in [1.29, 1.82) is 0 Å². The highest BCUT2D eigenvalue weighted by Crippen LogP contribution is 2.64. The molecule has 0 radical (unpaired) electrons. The van der Waals surface area contributed by atoms with Crippen molar-refractivity contribution in [3.8, 4) is 11.5 Å². The second-order valence-electron chi connectivity index (χ2n) is 10.0. The second kappa shape index (κ2) is 7.60. The van der Waals surface area contributed by atoms with E-state index in [2.05, 4.69) is 50.7 Å². The van der Waals surface area contributed by atoms with E-state index in [4.69, 9.17) is 9.36 Å². The zero-order valence-electron chi connectivity index (χ0n) is 19.4. The number of hydrogen-bond acceptors (Lipinski definition) is 7. The van der Waals surface area contributed by atoms with Crippen molar-refractivity contribution in [2.45, 2.75) is 25.3 Å². The van der Waals surface area contributed by atoms with E-state index in [1.165, 1.54) is 19.1 Å². The van der Waals surface area contributed by atoms with Crippen LogP contribution in [-0.2, 0) is 9.63 Å². The maximum absolute atomic E-state index is 13.7. The fraction of sp³-hybridized carbons (Fsp3) is 0.370. The quantitative estimate of drug-likeness (QED) is 0.616. The zero-order chi connectivity index (χ0) is 23.6. The molecule has 1 saturated heterocycles. The summed E-state index contributed by atoms with van der Waals surface area (Å²) in [6.07, 6.45) is 19.7. The first-order valence-corrected chi connectivity index (χ1v) is 12.1. The van der Waals surface area contributed by atoms with Crippen LogP contribution in [0.1, 0.15) is 31.1 Å². The van der Waals surface area contributed by atoms with Crippen molar-refractivity contribution in [3.63, 3.8) is 0 Å². The molecule has 0 aromatic carbocycles. The molecule has 8 heteroatoms. The topological polar surface area (TPSA) is 93.7 Å². The molecule has 3 heterocycles. The van der Waals surface area contributed by atoms with Crippen LogP contribution < -0.4 is 0 Å². The highest BCUT2D eigenvalue weighted by Gasteiger charge is 2.56. The number of carbonyl (C=O) groups excluding carboxylic acids is 1. The number of amides is 1. The molecule has 4 aliphatic carbocycles. The van der Waals surface area contributed by atoms with Crippen LogP contribution in [0.2, 0.25) is 0 Å². The number of likely N-dealkylation sites (tertiary alicyclic amines) is 1. The molecular weight excluding hydrogens is 442 g/mol. The van der Waals surface area contributed by atoms with Crippen molar-refractivity contribution < 1.29 is 14.2 Å². The number of nitrogens with zero attached hydrogens (tertiary/aromatic N) is 5. The van der Waals surface area contributed by atoms with E-state index >= 15 is 0 Å². The number of fused-ring (bicyclic) bond motifs is 2. The molecule has 2 aromatic heterocycles. The first kappa shape index (κ1) is 20.6. The lowest BCUT2D eigenvalue weighted by atomic mass is 9.85. The van der Waals surface area contributed by atoms with E-state index in [1.54, 1.807) is 17.3 Å². The third-order valence-corrected chi connectivity index (χ3v) is 7.88. The summed E-state index contributed by atoms with van der Waals surface area (Å²) in [5.74, 6) is 2.64. The largest absolute Gasteiger partial charge is 0.399 e. The minimum Gasteiger partial charge on any atom is -0.399 e. The van der Waals surface area contributed by atoms with Gasteiger partial charge in [0, 0.05) is 29.8 Å². The Morgan fingerprint density at radius 2 is 2.23 bits per heavy atom. The molecule has 176 valence electrons. The molecule has 0 bridgehead atoms. The molecule has 8 nitrogen and oxygen atoms in total. The molecule has 3 fully saturated rings. The average Bonchev–Trinajstić information content (AvgIpc) is 3.72. The summed E-state index contributed by atoms with van der Waals surface area (Å²) in [7, 11) is 1.51. The van der Waals surface area contributed by atoms with Crippen LogP contribution >= 0.6 is 0 Å². The number of hydrogen-bond donors (Lipinski definition) is 0. The maximum Gasteiger partial charge on any atom is 0.259 e. The Morgan fingerprint density at radius 3 is 3.03 bits per heavy atom. The normalized spacial score (nSPS) is 33.2. The van der Waals surface area contributed by atoms with Gasteiger partial charge in [-0.05, 0) is 48.3 Å². The standard InChI is InChI=1S/C27H25N5O3/c1-34-30-22-12-23(24-29-25(35-31-24)18-3-2-8-28-14-18)32(15-22)26(33)17-6-7-27(13-21(27)10-17)20-5-4-16-9-19(16)11-20/h2-8,10-11,14,16,19,21,23H,9,12-13,15H2,1H3/t16?,19?,21?,23-,27?/m0/s1. The summed E-state index contributed by atoms with van der Waals surface area (Å²) in [5.41, 5.74) is 3.72. The van der Waals surface area contributed by atoms with Gasteiger partial charge in [-0.1, -0.05) is 46.8 Å². The van der Waals surface area contributed by atoms with Gasteiger partial charge in [0.05, 0.1) is 17.8 Å². The minimum atomic E-state index is -0.374. The summed E-state index contributed by atoms with van der Waals surface area (Å²) in [5, 5.41) is 8.32. The third kappa shape index (κ3) is 3.38. The first-order valence-electron chi connectivity index (χ1n) is 12.1. The number of oxime groups is 1. The smallest absolute Gasteiger partial charge is 0.259 e. The van der Waals surface area contributed by atoms with Gasteiger partial charge in [-0.25, -0.2) is 0 Å². The molecule has 1 amide bonds. The van der Waals surface area contributed by atoms with Crippen LogP contribution in [0.25, 0.3) is 11.5 Å². The predicted octanol–water partition coefficient (Wildman–Crippen LogP) is 4.04. The number of allylic oxidation sites excluding steroid dienone is 6. The van der Waals surface area contributed by atoms with Crippen LogP contribution in [0.15, 0.2) is 81.8 Å². The van der Waals surface area contributed by atoms with Gasteiger partial charge in [-0.15, -0.1) is 0 Å². The van der Waals surface area contributed by atoms with Crippen molar-refractivity contribution in [2.24, 2.45) is 28.3 Å². The Labute approximate surface area is 202 Å². The van der Waals surface area contributed by atoms with Gasteiger partial charge in [0.2, 0.25) is 0 Å². The summed E-state index contributed by atoms with van der Waals surface area (Å²) >= 11 is 0. The van der Waals surface area contributed by atoms with Crippen LogP contribution in [0.5, 0.6) is 0 Å². The zero-order valence-corrected chi connectivity index (χ0v) is 19.4. The van der Waals surface area contributed by atoms with Crippen molar-refractivity contribution in [3.05, 3.63) is 78.0 Å². The lowest BCUT2D eigenvalue weighted by Crippen LogP contribution is -2.33. The highest BCUT2D eigenvalue weighted by atomic mass is 16.6. The van der Waals surface area contributed by atoms with Crippen LogP contribution in [0.4, 0.5) is 0 Å². The van der Waals surface area contributed by atoms with Gasteiger partial charge >= 0.3 is 0 Å². The third-order valence-electron chi connectivity index (χ3n) is 7.88. The number of carbonyl (C=O) groups is 1. The molecule has 4 unspecified atom stereocenters. The maximum atomic E-state index is 13.7. The predicted molar refractivity (Wildman–Crippen MR) is 128 cm³/mol. The molecule has 2 saturated carbocycles. The van der Waals surface area contributed by atoms with Gasteiger partial charge < -0.3 is 14.3 Å². The second-order valence-corrected chi connectivity index (χ2v) is 10.0. The molecular formula is C27H25N5O3. The van der Waals surface area contributed by atoms with E-state index < -0.39 is 0 Å². The van der Waals surface area contributed by atoms with Gasteiger partial charge in [0.25, 0.3) is 11.8 Å². The minimum absolute atomic E-state index is 0.0452. The molecule has 7 rings (SSSR count). The Kier molecular flexibility index (Phi) is 4.46. The molecule has 35 heavy (non-hydrogen) atoms. The van der Waals surface area contributed by atoms with Crippen LogP contribution in [0.3, 0.4) is 0 Å². The van der Waals surface area contributed by atoms with E-state index in [-0.39, 0.29) is 17.4 Å². The van der Waals surface area contributed by atoms with E-state index in [1.807, 2.05) is 18.2 Å². The highest BCUT2D eigenvalue weighted by molar-refractivity contribution is 6.02. The first-order chi connectivity index (χ1) is 17.1. The monoisotopic (exact) mass is 467 g/mol. The van der Waals surface area contributed by atoms with E-state index in [0.717, 1.165) is 29.5 Å². The molecule has 0 N–H and O–H groups in total. The Hall–Kier alpha value is -3.81. The van der Waals surface area contributed by atoms with E-state index in [0.29, 0.717) is 36.2 Å². The molecule has 0 spiro atoms. The summed E-state index contributed by atoms with van der Waals surface area (Å²) in [6.45, 7) is 0.367. The fourth-order valence-electron chi connectivity index (χ4n) is 5.74.